The highest BCUT2D eigenvalue weighted by atomic mass is 35.5. The predicted octanol–water partition coefficient (Wildman–Crippen LogP) is 4.89. The summed E-state index contributed by atoms with van der Waals surface area (Å²) in [4.78, 5) is 12.5. The maximum absolute atomic E-state index is 12.6. The van der Waals surface area contributed by atoms with Crippen molar-refractivity contribution in [2.45, 2.75) is 56.8 Å². The van der Waals surface area contributed by atoms with Gasteiger partial charge in [0.1, 0.15) is 16.4 Å². The number of methoxy groups -OCH3 is 1. The van der Waals surface area contributed by atoms with Gasteiger partial charge < -0.3 is 14.8 Å². The van der Waals surface area contributed by atoms with Crippen LogP contribution in [0, 0.1) is 0 Å². The second-order valence-corrected chi connectivity index (χ2v) is 9.86. The van der Waals surface area contributed by atoms with E-state index < -0.39 is 16.4 Å². The molecule has 0 amide bonds. The first-order chi connectivity index (χ1) is 16.4. The number of rotatable bonds is 14. The Labute approximate surface area is 216 Å². The Balaban J connectivity index is 0.00000648. The van der Waals surface area contributed by atoms with E-state index in [1.165, 1.54) is 37.4 Å². The number of halogens is 4. The number of sulfonamides is 1. The normalized spacial score (nSPS) is 11.8. The van der Waals surface area contributed by atoms with Crippen molar-refractivity contribution in [1.29, 1.82) is 0 Å². The fourth-order valence-electron chi connectivity index (χ4n) is 3.40. The summed E-state index contributed by atoms with van der Waals surface area (Å²) < 4.78 is 74.3. The third-order valence-corrected chi connectivity index (χ3v) is 6.62. The SMILES string of the molecule is COc1ccc(C(=O)CCCCNCCc2ccccc2OC(F)(F)F)cc1S(=O)(=O)NC(C)C.Cl. The van der Waals surface area contributed by atoms with Crippen molar-refractivity contribution in [2.24, 2.45) is 0 Å². The van der Waals surface area contributed by atoms with Gasteiger partial charge in [0.05, 0.1) is 7.11 Å². The summed E-state index contributed by atoms with van der Waals surface area (Å²) in [5.41, 5.74) is 0.730. The zero-order valence-corrected chi connectivity index (χ0v) is 22.0. The van der Waals surface area contributed by atoms with Gasteiger partial charge in [-0.2, -0.15) is 0 Å². The van der Waals surface area contributed by atoms with Crippen LogP contribution in [0.4, 0.5) is 13.2 Å². The van der Waals surface area contributed by atoms with E-state index in [0.717, 1.165) is 0 Å². The van der Waals surface area contributed by atoms with Crippen LogP contribution in [0.3, 0.4) is 0 Å². The molecule has 0 spiro atoms. The molecule has 0 aromatic heterocycles. The summed E-state index contributed by atoms with van der Waals surface area (Å²) in [5, 5.41) is 3.15. The monoisotopic (exact) mass is 552 g/mol. The Morgan fingerprint density at radius 1 is 1.03 bits per heavy atom. The molecule has 0 fully saturated rings. The van der Waals surface area contributed by atoms with Crippen molar-refractivity contribution in [3.8, 4) is 11.5 Å². The van der Waals surface area contributed by atoms with Gasteiger partial charge in [-0.3, -0.25) is 4.79 Å². The van der Waals surface area contributed by atoms with Crippen LogP contribution in [0.1, 0.15) is 49.0 Å². The molecular formula is C24H32ClF3N2O5S. The molecule has 0 bridgehead atoms. The van der Waals surface area contributed by atoms with E-state index in [-0.39, 0.29) is 52.6 Å². The van der Waals surface area contributed by atoms with Crippen LogP contribution >= 0.6 is 12.4 Å². The molecule has 0 aliphatic carbocycles. The smallest absolute Gasteiger partial charge is 0.495 e. The molecule has 2 aromatic carbocycles. The molecule has 12 heteroatoms. The van der Waals surface area contributed by atoms with Gasteiger partial charge in [-0.15, -0.1) is 25.6 Å². The van der Waals surface area contributed by atoms with Crippen molar-refractivity contribution in [3.63, 3.8) is 0 Å². The van der Waals surface area contributed by atoms with Crippen LogP contribution in [0.5, 0.6) is 11.5 Å². The number of Topliss-reactive ketones (excluding diaryl/α,β-unsaturated/α-hetero) is 1. The number of carbonyl (C=O) groups excluding carboxylic acids is 1. The minimum absolute atomic E-state index is 0. The Bertz CT molecular complexity index is 1100. The molecule has 0 unspecified atom stereocenters. The van der Waals surface area contributed by atoms with Crippen molar-refractivity contribution >= 4 is 28.2 Å². The van der Waals surface area contributed by atoms with Gasteiger partial charge in [0.15, 0.2) is 5.78 Å². The van der Waals surface area contributed by atoms with Crippen molar-refractivity contribution < 1.29 is 35.9 Å². The third kappa shape index (κ3) is 10.3. The molecule has 7 nitrogen and oxygen atoms in total. The first-order valence-corrected chi connectivity index (χ1v) is 12.7. The summed E-state index contributed by atoms with van der Waals surface area (Å²) in [6.45, 7) is 4.43. The van der Waals surface area contributed by atoms with E-state index >= 15 is 0 Å². The van der Waals surface area contributed by atoms with Crippen LogP contribution < -0.4 is 19.5 Å². The van der Waals surface area contributed by atoms with Crippen LogP contribution in [-0.2, 0) is 16.4 Å². The van der Waals surface area contributed by atoms with Gasteiger partial charge in [0.2, 0.25) is 10.0 Å². The molecule has 0 radical (unpaired) electrons. The van der Waals surface area contributed by atoms with Crippen molar-refractivity contribution in [3.05, 3.63) is 53.6 Å². The largest absolute Gasteiger partial charge is 0.573 e. The molecule has 0 heterocycles. The molecule has 36 heavy (non-hydrogen) atoms. The number of carbonyl (C=O) groups is 1. The summed E-state index contributed by atoms with van der Waals surface area (Å²) >= 11 is 0. The summed E-state index contributed by atoms with van der Waals surface area (Å²) in [5.74, 6) is -0.246. The number of ether oxygens (including phenoxy) is 2. The lowest BCUT2D eigenvalue weighted by molar-refractivity contribution is -0.274. The van der Waals surface area contributed by atoms with E-state index in [9.17, 15) is 26.4 Å². The minimum Gasteiger partial charge on any atom is -0.495 e. The number of alkyl halides is 3. The fourth-order valence-corrected chi connectivity index (χ4v) is 4.84. The predicted molar refractivity (Wildman–Crippen MR) is 134 cm³/mol. The lowest BCUT2D eigenvalue weighted by atomic mass is 10.1. The molecule has 0 aliphatic rings. The molecule has 202 valence electrons. The Morgan fingerprint density at radius 2 is 1.72 bits per heavy atom. The Morgan fingerprint density at radius 3 is 2.36 bits per heavy atom. The number of hydrogen-bond donors (Lipinski definition) is 2. The zero-order chi connectivity index (χ0) is 26.1. The number of ketones is 1. The highest BCUT2D eigenvalue weighted by molar-refractivity contribution is 7.89. The van der Waals surface area contributed by atoms with Gasteiger partial charge in [-0.1, -0.05) is 18.2 Å². The molecule has 2 N–H and O–H groups in total. The lowest BCUT2D eigenvalue weighted by Gasteiger charge is -2.14. The summed E-state index contributed by atoms with van der Waals surface area (Å²) in [6.07, 6.45) is -2.91. The van der Waals surface area contributed by atoms with Crippen LogP contribution in [0.15, 0.2) is 47.4 Å². The Hall–Kier alpha value is -2.34. The zero-order valence-electron chi connectivity index (χ0n) is 20.4. The van der Waals surface area contributed by atoms with Crippen LogP contribution in [-0.4, -0.2) is 46.8 Å². The second kappa shape index (κ2) is 14.4. The van der Waals surface area contributed by atoms with Crippen molar-refractivity contribution in [1.82, 2.24) is 10.0 Å². The number of hydrogen-bond acceptors (Lipinski definition) is 6. The van der Waals surface area contributed by atoms with Crippen LogP contribution in [0.25, 0.3) is 0 Å². The van der Waals surface area contributed by atoms with Gasteiger partial charge >= 0.3 is 6.36 Å². The first-order valence-electron chi connectivity index (χ1n) is 11.2. The third-order valence-electron chi connectivity index (χ3n) is 4.94. The number of nitrogens with one attached hydrogen (secondary N) is 2. The summed E-state index contributed by atoms with van der Waals surface area (Å²) in [7, 11) is -2.48. The summed E-state index contributed by atoms with van der Waals surface area (Å²) in [6, 6.07) is 10.0. The highest BCUT2D eigenvalue weighted by Gasteiger charge is 2.31. The number of benzene rings is 2. The van der Waals surface area contributed by atoms with E-state index in [1.54, 1.807) is 26.0 Å². The fraction of sp³-hybridized carbons (Fsp3) is 0.458. The average Bonchev–Trinajstić information content (AvgIpc) is 2.77. The maximum Gasteiger partial charge on any atom is 0.573 e. The Kier molecular flexibility index (Phi) is 12.7. The first kappa shape index (κ1) is 31.7. The van der Waals surface area contributed by atoms with Crippen molar-refractivity contribution in [2.75, 3.05) is 20.2 Å². The molecular weight excluding hydrogens is 521 g/mol. The molecule has 0 saturated carbocycles. The van der Waals surface area contributed by atoms with E-state index in [4.69, 9.17) is 4.74 Å². The molecule has 2 rings (SSSR count). The maximum atomic E-state index is 12.6. The number of para-hydroxylation sites is 1. The molecule has 0 atom stereocenters. The number of unbranched alkanes of at least 4 members (excludes halogenated alkanes) is 1. The topological polar surface area (TPSA) is 93.7 Å². The van der Waals surface area contributed by atoms with E-state index in [2.05, 4.69) is 14.8 Å². The van der Waals surface area contributed by atoms with Gasteiger partial charge in [-0.25, -0.2) is 13.1 Å². The van der Waals surface area contributed by atoms with Gasteiger partial charge in [0, 0.05) is 18.0 Å². The quantitative estimate of drug-likeness (QED) is 0.256. The second-order valence-electron chi connectivity index (χ2n) is 8.18. The van der Waals surface area contributed by atoms with E-state index in [1.807, 2.05) is 0 Å². The van der Waals surface area contributed by atoms with Gasteiger partial charge in [0.25, 0.3) is 0 Å². The molecule has 0 saturated heterocycles. The molecule has 2 aromatic rings. The minimum atomic E-state index is -4.74. The van der Waals surface area contributed by atoms with E-state index in [0.29, 0.717) is 37.9 Å². The standard InChI is InChI=1S/C24H31F3N2O5S.ClH/c1-17(2)29-35(31,32)23-16-19(11-12-22(23)33-3)20(30)9-6-7-14-28-15-13-18-8-4-5-10-21(18)34-24(25,26)27;/h4-5,8,10-12,16-17,28-29H,6-7,9,13-15H2,1-3H3;1H. The average molecular weight is 553 g/mol. The highest BCUT2D eigenvalue weighted by Crippen LogP contribution is 2.27. The van der Waals surface area contributed by atoms with Crippen LogP contribution in [0.2, 0.25) is 0 Å². The lowest BCUT2D eigenvalue weighted by Crippen LogP contribution is -2.30. The van der Waals surface area contributed by atoms with Gasteiger partial charge in [-0.05, 0) is 76.0 Å². The molecule has 0 aliphatic heterocycles.